The SMILES string of the molecule is CN1C(=O)[C@H](CC(=O)OCC(=O)c2ccc(Br)cc2)N(C)C1=O. The van der Waals surface area contributed by atoms with E-state index in [1.54, 1.807) is 24.3 Å². The number of imide groups is 1. The summed E-state index contributed by atoms with van der Waals surface area (Å²) >= 11 is 3.26. The third-order valence-electron chi connectivity index (χ3n) is 3.56. The molecular weight excluding hydrogens is 368 g/mol. The fourth-order valence-corrected chi connectivity index (χ4v) is 2.42. The van der Waals surface area contributed by atoms with E-state index in [2.05, 4.69) is 15.9 Å². The largest absolute Gasteiger partial charge is 0.457 e. The van der Waals surface area contributed by atoms with Crippen molar-refractivity contribution in [2.75, 3.05) is 20.7 Å². The highest BCUT2D eigenvalue weighted by molar-refractivity contribution is 9.10. The van der Waals surface area contributed by atoms with Gasteiger partial charge in [0.15, 0.2) is 12.4 Å². The summed E-state index contributed by atoms with van der Waals surface area (Å²) in [6.07, 6.45) is -0.279. The number of benzene rings is 1. The van der Waals surface area contributed by atoms with Crippen molar-refractivity contribution < 1.29 is 23.9 Å². The van der Waals surface area contributed by atoms with E-state index >= 15 is 0 Å². The lowest BCUT2D eigenvalue weighted by Crippen LogP contribution is -2.34. The van der Waals surface area contributed by atoms with Crippen LogP contribution in [0.15, 0.2) is 28.7 Å². The van der Waals surface area contributed by atoms with Crippen LogP contribution in [0.25, 0.3) is 0 Å². The molecule has 1 heterocycles. The number of ketones is 1. The molecule has 7 nitrogen and oxygen atoms in total. The van der Waals surface area contributed by atoms with Gasteiger partial charge in [0.25, 0.3) is 5.91 Å². The minimum absolute atomic E-state index is 0.279. The minimum atomic E-state index is -0.886. The summed E-state index contributed by atoms with van der Waals surface area (Å²) in [5, 5.41) is 0. The smallest absolute Gasteiger partial charge is 0.326 e. The van der Waals surface area contributed by atoms with Gasteiger partial charge < -0.3 is 9.64 Å². The Hall–Kier alpha value is -2.22. The Kier molecular flexibility index (Phi) is 5.15. The first-order valence-electron chi connectivity index (χ1n) is 6.80. The maximum Gasteiger partial charge on any atom is 0.326 e. The zero-order chi connectivity index (χ0) is 17.1. The predicted molar refractivity (Wildman–Crippen MR) is 83.8 cm³/mol. The number of amides is 3. The molecule has 0 saturated carbocycles. The molecular formula is C15H15BrN2O5. The molecule has 0 N–H and O–H groups in total. The van der Waals surface area contributed by atoms with Crippen LogP contribution >= 0.6 is 15.9 Å². The highest BCUT2D eigenvalue weighted by Gasteiger charge is 2.42. The first-order valence-corrected chi connectivity index (χ1v) is 7.59. The summed E-state index contributed by atoms with van der Waals surface area (Å²) in [5.74, 6) is -1.51. The Balaban J connectivity index is 1.88. The van der Waals surface area contributed by atoms with Gasteiger partial charge in [-0.3, -0.25) is 19.3 Å². The normalized spacial score (nSPS) is 17.6. The third kappa shape index (κ3) is 3.76. The van der Waals surface area contributed by atoms with Crippen molar-refractivity contribution in [2.24, 2.45) is 0 Å². The van der Waals surface area contributed by atoms with Gasteiger partial charge in [0.05, 0.1) is 6.42 Å². The standard InChI is InChI=1S/C15H15BrN2O5/c1-17-11(14(21)18(2)15(17)22)7-13(20)23-8-12(19)9-3-5-10(16)6-4-9/h3-6,11H,7-8H2,1-2H3/t11-/m0/s1. The first kappa shape index (κ1) is 17.1. The number of esters is 1. The molecule has 1 atom stereocenters. The molecule has 1 aromatic rings. The third-order valence-corrected chi connectivity index (χ3v) is 4.09. The molecule has 0 radical (unpaired) electrons. The summed E-state index contributed by atoms with van der Waals surface area (Å²) in [7, 11) is 2.79. The van der Waals surface area contributed by atoms with Crippen molar-refractivity contribution in [1.29, 1.82) is 0 Å². The number of Topliss-reactive ketones (excluding diaryl/α,β-unsaturated/α-hetero) is 1. The molecule has 0 aromatic heterocycles. The average Bonchev–Trinajstić information content (AvgIpc) is 2.71. The molecule has 1 fully saturated rings. The predicted octanol–water partition coefficient (Wildman–Crippen LogP) is 1.46. The summed E-state index contributed by atoms with van der Waals surface area (Å²) in [5.41, 5.74) is 0.421. The molecule has 1 aliphatic heterocycles. The van der Waals surface area contributed by atoms with Crippen LogP contribution in [0.3, 0.4) is 0 Å². The van der Waals surface area contributed by atoms with Crippen molar-refractivity contribution in [3.05, 3.63) is 34.3 Å². The molecule has 1 aliphatic rings. The van der Waals surface area contributed by atoms with Gasteiger partial charge in [-0.2, -0.15) is 0 Å². The van der Waals surface area contributed by atoms with Gasteiger partial charge in [0.2, 0.25) is 0 Å². The summed E-state index contributed by atoms with van der Waals surface area (Å²) in [4.78, 5) is 49.3. The van der Waals surface area contributed by atoms with E-state index in [9.17, 15) is 19.2 Å². The van der Waals surface area contributed by atoms with Crippen LogP contribution in [0.4, 0.5) is 4.79 Å². The fourth-order valence-electron chi connectivity index (χ4n) is 2.16. The van der Waals surface area contributed by atoms with Crippen molar-refractivity contribution in [3.8, 4) is 0 Å². The second-order valence-corrected chi connectivity index (χ2v) is 6.02. The molecule has 0 aliphatic carbocycles. The molecule has 2 rings (SSSR count). The number of hydrogen-bond donors (Lipinski definition) is 0. The number of rotatable bonds is 5. The van der Waals surface area contributed by atoms with E-state index < -0.39 is 30.6 Å². The Morgan fingerprint density at radius 3 is 2.30 bits per heavy atom. The number of ether oxygens (including phenoxy) is 1. The monoisotopic (exact) mass is 382 g/mol. The topological polar surface area (TPSA) is 84.0 Å². The fraction of sp³-hybridized carbons (Fsp3) is 0.333. The number of halogens is 1. The quantitative estimate of drug-likeness (QED) is 0.437. The van der Waals surface area contributed by atoms with E-state index in [4.69, 9.17) is 4.74 Å². The van der Waals surface area contributed by atoms with Gasteiger partial charge in [-0.25, -0.2) is 4.79 Å². The molecule has 8 heteroatoms. The molecule has 3 amide bonds. The zero-order valence-corrected chi connectivity index (χ0v) is 14.2. The average molecular weight is 383 g/mol. The van der Waals surface area contributed by atoms with E-state index in [0.717, 1.165) is 9.37 Å². The van der Waals surface area contributed by atoms with Gasteiger partial charge in [-0.1, -0.05) is 28.1 Å². The number of hydrogen-bond acceptors (Lipinski definition) is 5. The second-order valence-electron chi connectivity index (χ2n) is 5.10. The van der Waals surface area contributed by atoms with Gasteiger partial charge >= 0.3 is 12.0 Å². The van der Waals surface area contributed by atoms with Crippen molar-refractivity contribution in [2.45, 2.75) is 12.5 Å². The van der Waals surface area contributed by atoms with Gasteiger partial charge in [0, 0.05) is 24.1 Å². The lowest BCUT2D eigenvalue weighted by atomic mass is 10.1. The summed E-state index contributed by atoms with van der Waals surface area (Å²) < 4.78 is 5.74. The highest BCUT2D eigenvalue weighted by atomic mass is 79.9. The van der Waals surface area contributed by atoms with Crippen LogP contribution in [-0.2, 0) is 14.3 Å². The van der Waals surface area contributed by atoms with Crippen molar-refractivity contribution in [1.82, 2.24) is 9.80 Å². The first-order chi connectivity index (χ1) is 10.8. The number of carbonyl (C=O) groups excluding carboxylic acids is 4. The van der Waals surface area contributed by atoms with Crippen LogP contribution in [0.1, 0.15) is 16.8 Å². The Labute approximate surface area is 141 Å². The van der Waals surface area contributed by atoms with Crippen LogP contribution in [0, 0.1) is 0 Å². The minimum Gasteiger partial charge on any atom is -0.457 e. The van der Waals surface area contributed by atoms with E-state index in [-0.39, 0.29) is 12.2 Å². The highest BCUT2D eigenvalue weighted by Crippen LogP contribution is 2.17. The lowest BCUT2D eigenvalue weighted by Gasteiger charge is -2.15. The number of carbonyl (C=O) groups is 4. The maximum absolute atomic E-state index is 11.9. The molecule has 0 unspecified atom stereocenters. The Morgan fingerprint density at radius 1 is 1.17 bits per heavy atom. The molecule has 0 bridgehead atoms. The van der Waals surface area contributed by atoms with Crippen LogP contribution in [0.5, 0.6) is 0 Å². The molecule has 1 aromatic carbocycles. The van der Waals surface area contributed by atoms with Crippen LogP contribution < -0.4 is 0 Å². The van der Waals surface area contributed by atoms with E-state index in [1.807, 2.05) is 0 Å². The lowest BCUT2D eigenvalue weighted by molar-refractivity contribution is -0.145. The number of urea groups is 1. The Bertz CT molecular complexity index is 658. The van der Waals surface area contributed by atoms with Crippen molar-refractivity contribution in [3.63, 3.8) is 0 Å². The van der Waals surface area contributed by atoms with E-state index in [0.29, 0.717) is 5.56 Å². The molecule has 0 spiro atoms. The summed E-state index contributed by atoms with van der Waals surface area (Å²) in [6.45, 7) is -0.408. The zero-order valence-electron chi connectivity index (χ0n) is 12.6. The maximum atomic E-state index is 11.9. The van der Waals surface area contributed by atoms with Crippen molar-refractivity contribution >= 4 is 39.6 Å². The molecule has 122 valence electrons. The van der Waals surface area contributed by atoms with Crippen LogP contribution in [-0.4, -0.2) is 60.2 Å². The second kappa shape index (κ2) is 6.91. The number of nitrogens with zero attached hydrogens (tertiary/aromatic N) is 2. The van der Waals surface area contributed by atoms with Gasteiger partial charge in [0.1, 0.15) is 6.04 Å². The van der Waals surface area contributed by atoms with Crippen LogP contribution in [0.2, 0.25) is 0 Å². The molecule has 23 heavy (non-hydrogen) atoms. The van der Waals surface area contributed by atoms with Gasteiger partial charge in [-0.15, -0.1) is 0 Å². The summed E-state index contributed by atoms with van der Waals surface area (Å²) in [6, 6.07) is 5.29. The molecule has 1 saturated heterocycles. The number of likely N-dealkylation sites (N-methyl/N-ethyl adjacent to an activating group) is 2. The van der Waals surface area contributed by atoms with E-state index in [1.165, 1.54) is 19.0 Å². The Morgan fingerprint density at radius 2 is 1.78 bits per heavy atom. The van der Waals surface area contributed by atoms with Gasteiger partial charge in [-0.05, 0) is 12.1 Å².